The molecule has 2 N–H and O–H groups in total. The maximum absolute atomic E-state index is 13.0. The Bertz CT molecular complexity index is 641. The first-order valence-electron chi connectivity index (χ1n) is 10.7. The maximum atomic E-state index is 13.0. The van der Waals surface area contributed by atoms with Gasteiger partial charge in [-0.05, 0) is 55.2 Å². The lowest BCUT2D eigenvalue weighted by Crippen LogP contribution is -2.50. The molecule has 0 aromatic heterocycles. The van der Waals surface area contributed by atoms with Gasteiger partial charge < -0.3 is 10.6 Å². The number of amides is 2. The highest BCUT2D eigenvalue weighted by atomic mass is 16.2. The number of rotatable bonds is 7. The van der Waals surface area contributed by atoms with Crippen LogP contribution in [0, 0.1) is 11.8 Å². The van der Waals surface area contributed by atoms with E-state index in [1.54, 1.807) is 0 Å². The number of hydrogen-bond acceptors (Lipinski definition) is 2. The van der Waals surface area contributed by atoms with E-state index in [1.165, 1.54) is 32.1 Å². The monoisotopic (exact) mass is 370 g/mol. The van der Waals surface area contributed by atoms with Crippen molar-refractivity contribution in [1.29, 1.82) is 0 Å². The van der Waals surface area contributed by atoms with Crippen LogP contribution in [0.4, 0.5) is 5.69 Å². The molecule has 0 saturated heterocycles. The summed E-state index contributed by atoms with van der Waals surface area (Å²) in [5.41, 5.74) is 1.52. The van der Waals surface area contributed by atoms with Crippen LogP contribution in [0.1, 0.15) is 77.2 Å². The first kappa shape index (κ1) is 19.9. The van der Waals surface area contributed by atoms with Gasteiger partial charge in [0.15, 0.2) is 0 Å². The molecule has 2 fully saturated rings. The first-order valence-corrected chi connectivity index (χ1v) is 10.7. The Morgan fingerprint density at radius 2 is 1.70 bits per heavy atom. The molecule has 0 heterocycles. The van der Waals surface area contributed by atoms with Gasteiger partial charge in [-0.25, -0.2) is 0 Å². The van der Waals surface area contributed by atoms with Gasteiger partial charge in [-0.15, -0.1) is 0 Å². The zero-order chi connectivity index (χ0) is 19.3. The number of benzene rings is 1. The second kappa shape index (κ2) is 8.90. The molecule has 0 bridgehead atoms. The molecule has 0 atom stereocenters. The van der Waals surface area contributed by atoms with Crippen LogP contribution < -0.4 is 10.6 Å². The van der Waals surface area contributed by atoms with Crippen molar-refractivity contribution >= 4 is 17.5 Å². The van der Waals surface area contributed by atoms with Crippen LogP contribution in [0.15, 0.2) is 24.3 Å². The maximum Gasteiger partial charge on any atom is 0.230 e. The summed E-state index contributed by atoms with van der Waals surface area (Å²) in [7, 11) is 0. The van der Waals surface area contributed by atoms with Crippen LogP contribution >= 0.6 is 0 Å². The Hall–Kier alpha value is -1.84. The highest BCUT2D eigenvalue weighted by Gasteiger charge is 2.45. The molecule has 27 heavy (non-hydrogen) atoms. The minimum atomic E-state index is -0.366. The van der Waals surface area contributed by atoms with E-state index in [1.807, 2.05) is 38.1 Å². The highest BCUT2D eigenvalue weighted by Crippen LogP contribution is 2.44. The molecule has 2 aliphatic rings. The zero-order valence-corrected chi connectivity index (χ0v) is 16.9. The Labute approximate surface area is 163 Å². The second-order valence-corrected chi connectivity index (χ2v) is 8.87. The van der Waals surface area contributed by atoms with Crippen molar-refractivity contribution in [1.82, 2.24) is 5.32 Å². The summed E-state index contributed by atoms with van der Waals surface area (Å²) in [4.78, 5) is 24.9. The molecular weight excluding hydrogens is 336 g/mol. The largest absolute Gasteiger partial charge is 0.355 e. The average molecular weight is 371 g/mol. The van der Waals surface area contributed by atoms with Crippen LogP contribution in [0.2, 0.25) is 0 Å². The van der Waals surface area contributed by atoms with Gasteiger partial charge in [0.05, 0.1) is 5.41 Å². The summed E-state index contributed by atoms with van der Waals surface area (Å²) in [5, 5.41) is 6.20. The van der Waals surface area contributed by atoms with Gasteiger partial charge in [0.1, 0.15) is 0 Å². The van der Waals surface area contributed by atoms with E-state index in [-0.39, 0.29) is 17.2 Å². The van der Waals surface area contributed by atoms with Gasteiger partial charge in [0, 0.05) is 18.7 Å². The van der Waals surface area contributed by atoms with Gasteiger partial charge in [-0.1, -0.05) is 51.7 Å². The van der Waals surface area contributed by atoms with Gasteiger partial charge in [0.2, 0.25) is 11.8 Å². The predicted octanol–water partition coefficient (Wildman–Crippen LogP) is 4.79. The van der Waals surface area contributed by atoms with Crippen molar-refractivity contribution < 1.29 is 9.59 Å². The van der Waals surface area contributed by atoms with Crippen LogP contribution in [-0.2, 0) is 15.0 Å². The number of carbonyl (C=O) groups is 2. The number of carbonyl (C=O) groups excluding carboxylic acids is 2. The lowest BCUT2D eigenvalue weighted by molar-refractivity contribution is -0.130. The molecule has 148 valence electrons. The topological polar surface area (TPSA) is 58.2 Å². The summed E-state index contributed by atoms with van der Waals surface area (Å²) in [6.07, 6.45) is 9.90. The molecule has 3 rings (SSSR count). The van der Waals surface area contributed by atoms with Crippen LogP contribution in [0.5, 0.6) is 0 Å². The van der Waals surface area contributed by atoms with Crippen LogP contribution in [-0.4, -0.2) is 18.4 Å². The van der Waals surface area contributed by atoms with E-state index < -0.39 is 0 Å². The molecule has 2 saturated carbocycles. The summed E-state index contributed by atoms with van der Waals surface area (Å²) >= 11 is 0. The molecule has 0 spiro atoms. The summed E-state index contributed by atoms with van der Waals surface area (Å²) in [5.74, 6) is 1.23. The third kappa shape index (κ3) is 4.91. The van der Waals surface area contributed by atoms with Crippen molar-refractivity contribution in [2.24, 2.45) is 11.8 Å². The Morgan fingerprint density at radius 3 is 2.26 bits per heavy atom. The zero-order valence-electron chi connectivity index (χ0n) is 16.9. The lowest BCUT2D eigenvalue weighted by atomic mass is 9.63. The van der Waals surface area contributed by atoms with E-state index in [4.69, 9.17) is 0 Å². The SMILES string of the molecule is CC(C)CC(=O)Nc1ccc(C2(C(=O)NCC3CCCCC3)CCC2)cc1. The molecule has 2 aliphatic carbocycles. The fourth-order valence-corrected chi connectivity index (χ4v) is 4.43. The third-order valence-corrected chi connectivity index (χ3v) is 6.23. The van der Waals surface area contributed by atoms with Gasteiger partial charge in [-0.2, -0.15) is 0 Å². The summed E-state index contributed by atoms with van der Waals surface area (Å²) < 4.78 is 0. The number of nitrogens with one attached hydrogen (secondary N) is 2. The predicted molar refractivity (Wildman–Crippen MR) is 110 cm³/mol. The van der Waals surface area contributed by atoms with E-state index >= 15 is 0 Å². The quantitative estimate of drug-likeness (QED) is 0.725. The normalized spacial score (nSPS) is 19.4. The summed E-state index contributed by atoms with van der Waals surface area (Å²) in [6, 6.07) is 7.90. The van der Waals surface area contributed by atoms with Crippen molar-refractivity contribution in [2.45, 2.75) is 77.0 Å². The van der Waals surface area contributed by atoms with Gasteiger partial charge >= 0.3 is 0 Å². The lowest BCUT2D eigenvalue weighted by Gasteiger charge is -2.41. The molecular formula is C23H34N2O2. The molecule has 0 radical (unpaired) electrons. The average Bonchev–Trinajstić information content (AvgIpc) is 2.60. The van der Waals surface area contributed by atoms with E-state index in [0.29, 0.717) is 18.3 Å². The summed E-state index contributed by atoms with van der Waals surface area (Å²) in [6.45, 7) is 4.90. The van der Waals surface area contributed by atoms with Crippen molar-refractivity contribution in [3.63, 3.8) is 0 Å². The molecule has 1 aromatic rings. The minimum Gasteiger partial charge on any atom is -0.355 e. The fourth-order valence-electron chi connectivity index (χ4n) is 4.43. The van der Waals surface area contributed by atoms with Crippen LogP contribution in [0.25, 0.3) is 0 Å². The molecule has 1 aromatic carbocycles. The van der Waals surface area contributed by atoms with E-state index in [2.05, 4.69) is 10.6 Å². The molecule has 4 heteroatoms. The molecule has 4 nitrogen and oxygen atoms in total. The fraction of sp³-hybridized carbons (Fsp3) is 0.652. The van der Waals surface area contributed by atoms with Crippen LogP contribution in [0.3, 0.4) is 0 Å². The number of anilines is 1. The van der Waals surface area contributed by atoms with Crippen molar-refractivity contribution in [3.8, 4) is 0 Å². The highest BCUT2D eigenvalue weighted by molar-refractivity contribution is 5.91. The standard InChI is InChI=1S/C23H34N2O2/c1-17(2)15-21(26)25-20-11-9-19(10-12-20)23(13-6-14-23)22(27)24-16-18-7-4-3-5-8-18/h9-12,17-18H,3-8,13-16H2,1-2H3,(H,24,27)(H,25,26). The van der Waals surface area contributed by atoms with E-state index in [0.717, 1.165) is 37.1 Å². The van der Waals surface area contributed by atoms with Crippen molar-refractivity contribution in [3.05, 3.63) is 29.8 Å². The molecule has 0 aliphatic heterocycles. The smallest absolute Gasteiger partial charge is 0.230 e. The van der Waals surface area contributed by atoms with Crippen molar-refractivity contribution in [2.75, 3.05) is 11.9 Å². The van der Waals surface area contributed by atoms with Gasteiger partial charge in [0.25, 0.3) is 0 Å². The first-order chi connectivity index (χ1) is 13.0. The Balaban J connectivity index is 1.60. The van der Waals surface area contributed by atoms with Gasteiger partial charge in [-0.3, -0.25) is 9.59 Å². The molecule has 2 amide bonds. The minimum absolute atomic E-state index is 0.0429. The Morgan fingerprint density at radius 1 is 1.04 bits per heavy atom. The third-order valence-electron chi connectivity index (χ3n) is 6.23. The molecule has 0 unspecified atom stereocenters. The second-order valence-electron chi connectivity index (χ2n) is 8.87. The van der Waals surface area contributed by atoms with E-state index in [9.17, 15) is 9.59 Å². The number of hydrogen-bond donors (Lipinski definition) is 2. The Kier molecular flexibility index (Phi) is 6.56.